The summed E-state index contributed by atoms with van der Waals surface area (Å²) in [5.41, 5.74) is 1.08. The van der Waals surface area contributed by atoms with Gasteiger partial charge in [0.2, 0.25) is 0 Å². The van der Waals surface area contributed by atoms with Crippen LogP contribution in [0.25, 0.3) is 0 Å². The maximum Gasteiger partial charge on any atom is 0.347 e. The fourth-order valence-corrected chi connectivity index (χ4v) is 1.76. The standard InChI is InChI=1S/C17H14FNO3/c1-12(22-16-7-5-13(10-19)6-8-16)17(20)21-11-14-3-2-4-15(18)9-14/h2-9,12H,11H2,1H3/t12-/m1/s1. The summed E-state index contributed by atoms with van der Waals surface area (Å²) in [7, 11) is 0. The molecule has 0 N–H and O–H groups in total. The predicted octanol–water partition coefficient (Wildman–Crippen LogP) is 3.21. The van der Waals surface area contributed by atoms with E-state index in [1.807, 2.05) is 6.07 Å². The predicted molar refractivity (Wildman–Crippen MR) is 77.4 cm³/mol. The van der Waals surface area contributed by atoms with Crippen LogP contribution in [0.1, 0.15) is 18.1 Å². The summed E-state index contributed by atoms with van der Waals surface area (Å²) in [6.45, 7) is 1.55. The molecule has 5 heteroatoms. The first-order valence-electron chi connectivity index (χ1n) is 6.66. The molecular formula is C17H14FNO3. The summed E-state index contributed by atoms with van der Waals surface area (Å²) in [6.07, 6.45) is -0.804. The number of nitrogens with zero attached hydrogens (tertiary/aromatic N) is 1. The lowest BCUT2D eigenvalue weighted by Crippen LogP contribution is -2.26. The molecule has 4 nitrogen and oxygen atoms in total. The minimum atomic E-state index is -0.804. The first kappa shape index (κ1) is 15.5. The van der Waals surface area contributed by atoms with Gasteiger partial charge in [-0.25, -0.2) is 9.18 Å². The maximum atomic E-state index is 13.0. The molecule has 0 amide bonds. The van der Waals surface area contributed by atoms with Crippen LogP contribution in [-0.2, 0) is 16.1 Å². The van der Waals surface area contributed by atoms with Crippen LogP contribution in [0.4, 0.5) is 4.39 Å². The molecule has 2 aromatic rings. The van der Waals surface area contributed by atoms with Crippen LogP contribution in [0.5, 0.6) is 5.75 Å². The highest BCUT2D eigenvalue weighted by Gasteiger charge is 2.16. The van der Waals surface area contributed by atoms with Crippen molar-refractivity contribution in [1.29, 1.82) is 5.26 Å². The summed E-state index contributed by atoms with van der Waals surface area (Å²) in [6, 6.07) is 14.2. The topological polar surface area (TPSA) is 59.3 Å². The average molecular weight is 299 g/mol. The molecule has 0 bridgehead atoms. The SMILES string of the molecule is C[C@@H](Oc1ccc(C#N)cc1)C(=O)OCc1cccc(F)c1. The molecule has 2 rings (SSSR count). The monoisotopic (exact) mass is 299 g/mol. The maximum absolute atomic E-state index is 13.0. The minimum Gasteiger partial charge on any atom is -0.479 e. The Morgan fingerprint density at radius 1 is 1.27 bits per heavy atom. The number of benzene rings is 2. The van der Waals surface area contributed by atoms with E-state index in [0.717, 1.165) is 0 Å². The Balaban J connectivity index is 1.87. The number of rotatable bonds is 5. The summed E-state index contributed by atoms with van der Waals surface area (Å²) < 4.78 is 23.5. The number of nitriles is 1. The summed E-state index contributed by atoms with van der Waals surface area (Å²) >= 11 is 0. The second kappa shape index (κ2) is 7.23. The lowest BCUT2D eigenvalue weighted by atomic mass is 10.2. The van der Waals surface area contributed by atoms with Crippen LogP contribution >= 0.6 is 0 Å². The molecule has 0 saturated heterocycles. The van der Waals surface area contributed by atoms with Gasteiger partial charge in [-0.2, -0.15) is 5.26 Å². The molecule has 0 aliphatic carbocycles. The van der Waals surface area contributed by atoms with E-state index in [4.69, 9.17) is 14.7 Å². The van der Waals surface area contributed by atoms with Gasteiger partial charge in [-0.1, -0.05) is 12.1 Å². The van der Waals surface area contributed by atoms with Gasteiger partial charge >= 0.3 is 5.97 Å². The van der Waals surface area contributed by atoms with E-state index in [9.17, 15) is 9.18 Å². The largest absolute Gasteiger partial charge is 0.479 e. The normalized spacial score (nSPS) is 11.3. The molecule has 0 fully saturated rings. The highest BCUT2D eigenvalue weighted by Crippen LogP contribution is 2.14. The second-order valence-corrected chi connectivity index (χ2v) is 4.63. The number of esters is 1. The zero-order chi connectivity index (χ0) is 15.9. The van der Waals surface area contributed by atoms with Crippen molar-refractivity contribution in [3.05, 3.63) is 65.5 Å². The van der Waals surface area contributed by atoms with Crippen molar-refractivity contribution in [3.63, 3.8) is 0 Å². The molecule has 0 saturated carbocycles. The molecule has 22 heavy (non-hydrogen) atoms. The first-order valence-corrected chi connectivity index (χ1v) is 6.66. The third-order valence-electron chi connectivity index (χ3n) is 2.90. The van der Waals surface area contributed by atoms with Gasteiger partial charge in [0.25, 0.3) is 0 Å². The van der Waals surface area contributed by atoms with E-state index < -0.39 is 12.1 Å². The number of carbonyl (C=O) groups is 1. The minimum absolute atomic E-state index is 0.0162. The highest BCUT2D eigenvalue weighted by atomic mass is 19.1. The third-order valence-corrected chi connectivity index (χ3v) is 2.90. The zero-order valence-electron chi connectivity index (χ0n) is 12.0. The van der Waals surface area contributed by atoms with Gasteiger partial charge in [0.15, 0.2) is 6.10 Å². The van der Waals surface area contributed by atoms with Gasteiger partial charge in [-0.3, -0.25) is 0 Å². The Hall–Kier alpha value is -2.87. The van der Waals surface area contributed by atoms with Crippen molar-refractivity contribution in [2.24, 2.45) is 0 Å². The molecule has 0 aromatic heterocycles. The molecule has 0 aliphatic rings. The molecule has 2 aromatic carbocycles. The molecular weight excluding hydrogens is 285 g/mol. The molecule has 0 heterocycles. The Bertz CT molecular complexity index is 692. The van der Waals surface area contributed by atoms with Crippen LogP contribution in [0, 0.1) is 17.1 Å². The number of ether oxygens (including phenoxy) is 2. The number of carbonyl (C=O) groups excluding carboxylic acids is 1. The van der Waals surface area contributed by atoms with Crippen molar-refractivity contribution in [2.45, 2.75) is 19.6 Å². The van der Waals surface area contributed by atoms with Crippen LogP contribution < -0.4 is 4.74 Å². The Morgan fingerprint density at radius 3 is 2.64 bits per heavy atom. The fourth-order valence-electron chi connectivity index (χ4n) is 1.76. The van der Waals surface area contributed by atoms with Crippen molar-refractivity contribution in [3.8, 4) is 11.8 Å². The van der Waals surface area contributed by atoms with Gasteiger partial charge in [0, 0.05) is 0 Å². The van der Waals surface area contributed by atoms with Gasteiger partial charge in [-0.15, -0.1) is 0 Å². The number of halogens is 1. The highest BCUT2D eigenvalue weighted by molar-refractivity contribution is 5.74. The quantitative estimate of drug-likeness (QED) is 0.795. The molecule has 1 atom stereocenters. The van der Waals surface area contributed by atoms with Crippen molar-refractivity contribution >= 4 is 5.97 Å². The lowest BCUT2D eigenvalue weighted by Gasteiger charge is -2.14. The van der Waals surface area contributed by atoms with Crippen LogP contribution in [0.2, 0.25) is 0 Å². The number of hydrogen-bond acceptors (Lipinski definition) is 4. The Kier molecular flexibility index (Phi) is 5.10. The van der Waals surface area contributed by atoms with E-state index >= 15 is 0 Å². The van der Waals surface area contributed by atoms with Gasteiger partial charge < -0.3 is 9.47 Å². The summed E-state index contributed by atoms with van der Waals surface area (Å²) in [4.78, 5) is 11.8. The van der Waals surface area contributed by atoms with Gasteiger partial charge in [-0.05, 0) is 48.9 Å². The first-order chi connectivity index (χ1) is 10.6. The van der Waals surface area contributed by atoms with Gasteiger partial charge in [0.1, 0.15) is 18.2 Å². The van der Waals surface area contributed by atoms with E-state index in [1.54, 1.807) is 43.3 Å². The third kappa shape index (κ3) is 4.32. The zero-order valence-corrected chi connectivity index (χ0v) is 12.0. The second-order valence-electron chi connectivity index (χ2n) is 4.63. The lowest BCUT2D eigenvalue weighted by molar-refractivity contribution is -0.152. The number of hydrogen-bond donors (Lipinski definition) is 0. The van der Waals surface area contributed by atoms with E-state index in [1.165, 1.54) is 12.1 Å². The molecule has 0 aliphatic heterocycles. The smallest absolute Gasteiger partial charge is 0.347 e. The van der Waals surface area contributed by atoms with Crippen molar-refractivity contribution in [1.82, 2.24) is 0 Å². The van der Waals surface area contributed by atoms with Gasteiger partial charge in [0.05, 0.1) is 11.6 Å². The fraction of sp³-hybridized carbons (Fsp3) is 0.176. The van der Waals surface area contributed by atoms with E-state index in [2.05, 4.69) is 0 Å². The Morgan fingerprint density at radius 2 is 2.00 bits per heavy atom. The summed E-state index contributed by atoms with van der Waals surface area (Å²) in [5.74, 6) is -0.460. The summed E-state index contributed by atoms with van der Waals surface area (Å²) in [5, 5.41) is 8.70. The van der Waals surface area contributed by atoms with Crippen LogP contribution in [-0.4, -0.2) is 12.1 Å². The van der Waals surface area contributed by atoms with Crippen molar-refractivity contribution in [2.75, 3.05) is 0 Å². The molecule has 112 valence electrons. The Labute approximate surface area is 127 Å². The van der Waals surface area contributed by atoms with E-state index in [0.29, 0.717) is 16.9 Å². The van der Waals surface area contributed by atoms with E-state index in [-0.39, 0.29) is 12.4 Å². The average Bonchev–Trinajstić information content (AvgIpc) is 2.53. The molecule has 0 spiro atoms. The van der Waals surface area contributed by atoms with Crippen LogP contribution in [0.3, 0.4) is 0 Å². The molecule has 0 unspecified atom stereocenters. The molecule has 0 radical (unpaired) electrons. The van der Waals surface area contributed by atoms with Crippen molar-refractivity contribution < 1.29 is 18.7 Å². The van der Waals surface area contributed by atoms with Crippen LogP contribution in [0.15, 0.2) is 48.5 Å².